The molecule has 1 N–H and O–H groups in total. The summed E-state index contributed by atoms with van der Waals surface area (Å²) in [6.07, 6.45) is 3.07. The van der Waals surface area contributed by atoms with Crippen molar-refractivity contribution in [3.8, 4) is 17.7 Å². The maximum atomic E-state index is 8.62. The van der Waals surface area contributed by atoms with Crippen LogP contribution in [0.5, 0.6) is 11.6 Å². The Bertz CT molecular complexity index is 590. The molecule has 0 saturated heterocycles. The highest BCUT2D eigenvalue weighted by molar-refractivity contribution is 5.33. The molecule has 0 aliphatic heterocycles. The normalized spacial score (nSPS) is 9.80. The average Bonchev–Trinajstić information content (AvgIpc) is 2.48. The van der Waals surface area contributed by atoms with E-state index in [1.54, 1.807) is 12.3 Å². The van der Waals surface area contributed by atoms with Crippen LogP contribution in [0.15, 0.2) is 36.5 Å². The lowest BCUT2D eigenvalue weighted by Gasteiger charge is -2.07. The average molecular weight is 268 g/mol. The zero-order chi connectivity index (χ0) is 14.2. The van der Waals surface area contributed by atoms with Crippen LogP contribution in [0.25, 0.3) is 0 Å². The number of nitriles is 1. The van der Waals surface area contributed by atoms with Crippen molar-refractivity contribution in [3.05, 3.63) is 42.1 Å². The molecule has 0 spiro atoms. The molecule has 0 radical (unpaired) electrons. The zero-order valence-electron chi connectivity index (χ0n) is 11.3. The predicted octanol–water partition coefficient (Wildman–Crippen LogP) is 3.16. The van der Waals surface area contributed by atoms with Gasteiger partial charge in [-0.15, -0.1) is 0 Å². The Morgan fingerprint density at radius 3 is 2.75 bits per heavy atom. The Balaban J connectivity index is 2.03. The minimum absolute atomic E-state index is 0.402. The van der Waals surface area contributed by atoms with Crippen LogP contribution < -0.4 is 10.1 Å². The summed E-state index contributed by atoms with van der Waals surface area (Å²) in [4.78, 5) is 8.39. The fourth-order valence-electron chi connectivity index (χ4n) is 1.61. The van der Waals surface area contributed by atoms with Gasteiger partial charge in [0, 0.05) is 18.8 Å². The molecule has 0 amide bonds. The topological polar surface area (TPSA) is 70.8 Å². The monoisotopic (exact) mass is 268 g/mol. The number of hydrogen-bond donors (Lipinski definition) is 1. The van der Waals surface area contributed by atoms with Gasteiger partial charge in [-0.2, -0.15) is 10.2 Å². The van der Waals surface area contributed by atoms with Gasteiger partial charge in [-0.3, -0.25) is 0 Å². The standard InChI is InChI=1S/C15H16N4O/c1-2-10-17-15-18-11-8-14(19-15)20-13-5-3-12(4-6-13)7-9-16/h3-6,8,11H,2,7,10H2,1H3,(H,17,18,19). The largest absolute Gasteiger partial charge is 0.439 e. The number of aromatic nitrogens is 2. The van der Waals surface area contributed by atoms with E-state index in [1.165, 1.54) is 0 Å². The first-order valence-corrected chi connectivity index (χ1v) is 6.52. The Hall–Kier alpha value is -2.61. The van der Waals surface area contributed by atoms with Crippen LogP contribution in [0, 0.1) is 11.3 Å². The molecule has 2 rings (SSSR count). The Kier molecular flexibility index (Phi) is 4.90. The Morgan fingerprint density at radius 1 is 1.25 bits per heavy atom. The van der Waals surface area contributed by atoms with Gasteiger partial charge in [-0.25, -0.2) is 4.98 Å². The molecule has 0 fully saturated rings. The van der Waals surface area contributed by atoms with Gasteiger partial charge in [0.25, 0.3) is 0 Å². The fraction of sp³-hybridized carbons (Fsp3) is 0.267. The minimum Gasteiger partial charge on any atom is -0.439 e. The van der Waals surface area contributed by atoms with Crippen molar-refractivity contribution in [1.82, 2.24) is 9.97 Å². The van der Waals surface area contributed by atoms with E-state index in [2.05, 4.69) is 28.3 Å². The maximum absolute atomic E-state index is 8.62. The third-order valence-electron chi connectivity index (χ3n) is 2.59. The van der Waals surface area contributed by atoms with Crippen LogP contribution in [0.1, 0.15) is 18.9 Å². The highest BCUT2D eigenvalue weighted by atomic mass is 16.5. The van der Waals surface area contributed by atoms with Gasteiger partial charge in [0.05, 0.1) is 12.5 Å². The molecule has 1 aromatic heterocycles. The van der Waals surface area contributed by atoms with Crippen LogP contribution >= 0.6 is 0 Å². The molecule has 0 aliphatic carbocycles. The van der Waals surface area contributed by atoms with Crippen molar-refractivity contribution in [3.63, 3.8) is 0 Å². The van der Waals surface area contributed by atoms with Crippen molar-refractivity contribution in [2.45, 2.75) is 19.8 Å². The molecule has 5 heteroatoms. The molecule has 2 aromatic rings. The number of nitrogens with one attached hydrogen (secondary N) is 1. The van der Waals surface area contributed by atoms with Crippen LogP contribution in [0.2, 0.25) is 0 Å². The molecule has 0 atom stereocenters. The lowest BCUT2D eigenvalue weighted by atomic mass is 10.2. The molecule has 1 aromatic carbocycles. The first kappa shape index (κ1) is 13.8. The first-order valence-electron chi connectivity index (χ1n) is 6.52. The van der Waals surface area contributed by atoms with Crippen molar-refractivity contribution >= 4 is 5.95 Å². The summed E-state index contributed by atoms with van der Waals surface area (Å²) in [7, 11) is 0. The number of nitrogens with zero attached hydrogens (tertiary/aromatic N) is 3. The summed E-state index contributed by atoms with van der Waals surface area (Å²) < 4.78 is 5.66. The molecule has 0 unspecified atom stereocenters. The summed E-state index contributed by atoms with van der Waals surface area (Å²) in [6.45, 7) is 2.91. The minimum atomic E-state index is 0.402. The van der Waals surface area contributed by atoms with Gasteiger partial charge in [-0.05, 0) is 24.1 Å². The summed E-state index contributed by atoms with van der Waals surface area (Å²) in [5.41, 5.74) is 0.966. The lowest BCUT2D eigenvalue weighted by Crippen LogP contribution is -2.04. The molecular weight excluding hydrogens is 252 g/mol. The second-order valence-corrected chi connectivity index (χ2v) is 4.23. The predicted molar refractivity (Wildman–Crippen MR) is 76.6 cm³/mol. The van der Waals surface area contributed by atoms with Crippen LogP contribution in [-0.2, 0) is 6.42 Å². The molecule has 0 bridgehead atoms. The van der Waals surface area contributed by atoms with E-state index < -0.39 is 0 Å². The van der Waals surface area contributed by atoms with E-state index in [1.807, 2.05) is 24.3 Å². The van der Waals surface area contributed by atoms with Crippen molar-refractivity contribution in [1.29, 1.82) is 5.26 Å². The van der Waals surface area contributed by atoms with Crippen molar-refractivity contribution in [2.24, 2.45) is 0 Å². The third kappa shape index (κ3) is 3.95. The van der Waals surface area contributed by atoms with E-state index in [0.29, 0.717) is 24.0 Å². The lowest BCUT2D eigenvalue weighted by molar-refractivity contribution is 0.462. The highest BCUT2D eigenvalue weighted by Crippen LogP contribution is 2.20. The molecule has 102 valence electrons. The summed E-state index contributed by atoms with van der Waals surface area (Å²) >= 11 is 0. The molecular formula is C15H16N4O. The van der Waals surface area contributed by atoms with Crippen LogP contribution in [0.3, 0.4) is 0 Å². The first-order chi connectivity index (χ1) is 9.81. The number of ether oxygens (including phenoxy) is 1. The van der Waals surface area contributed by atoms with Crippen LogP contribution in [0.4, 0.5) is 5.95 Å². The van der Waals surface area contributed by atoms with E-state index in [4.69, 9.17) is 10.00 Å². The highest BCUT2D eigenvalue weighted by Gasteiger charge is 2.01. The van der Waals surface area contributed by atoms with E-state index in [9.17, 15) is 0 Å². The third-order valence-corrected chi connectivity index (χ3v) is 2.59. The van der Waals surface area contributed by atoms with Gasteiger partial charge in [-0.1, -0.05) is 19.1 Å². The second-order valence-electron chi connectivity index (χ2n) is 4.23. The second kappa shape index (κ2) is 7.10. The van der Waals surface area contributed by atoms with Gasteiger partial charge in [0.15, 0.2) is 0 Å². The van der Waals surface area contributed by atoms with E-state index in [0.717, 1.165) is 18.5 Å². The van der Waals surface area contributed by atoms with Gasteiger partial charge in [0.1, 0.15) is 5.75 Å². The van der Waals surface area contributed by atoms with Gasteiger partial charge in [0.2, 0.25) is 11.8 Å². The Morgan fingerprint density at radius 2 is 2.05 bits per heavy atom. The molecule has 1 heterocycles. The van der Waals surface area contributed by atoms with Gasteiger partial charge >= 0.3 is 0 Å². The van der Waals surface area contributed by atoms with E-state index in [-0.39, 0.29) is 0 Å². The number of benzene rings is 1. The zero-order valence-corrected chi connectivity index (χ0v) is 11.3. The van der Waals surface area contributed by atoms with Gasteiger partial charge < -0.3 is 10.1 Å². The maximum Gasteiger partial charge on any atom is 0.225 e. The van der Waals surface area contributed by atoms with E-state index >= 15 is 0 Å². The summed E-state index contributed by atoms with van der Waals surface area (Å²) in [5, 5.41) is 11.7. The fourth-order valence-corrected chi connectivity index (χ4v) is 1.61. The van der Waals surface area contributed by atoms with Crippen molar-refractivity contribution in [2.75, 3.05) is 11.9 Å². The Labute approximate surface area is 118 Å². The van der Waals surface area contributed by atoms with Crippen molar-refractivity contribution < 1.29 is 4.74 Å². The molecule has 5 nitrogen and oxygen atoms in total. The molecule has 0 saturated carbocycles. The summed E-state index contributed by atoms with van der Waals surface area (Å²) in [6, 6.07) is 11.2. The number of hydrogen-bond acceptors (Lipinski definition) is 5. The SMILES string of the molecule is CCCNc1nccc(Oc2ccc(CC#N)cc2)n1. The van der Waals surface area contributed by atoms with Crippen LogP contribution in [-0.4, -0.2) is 16.5 Å². The summed E-state index contributed by atoms with van der Waals surface area (Å²) in [5.74, 6) is 1.74. The number of anilines is 1. The molecule has 0 aliphatic rings. The smallest absolute Gasteiger partial charge is 0.225 e. The number of rotatable bonds is 6. The quantitative estimate of drug-likeness (QED) is 0.871. The molecule has 20 heavy (non-hydrogen) atoms.